The molecular formula is C49H33N3O3. The summed E-state index contributed by atoms with van der Waals surface area (Å²) in [5, 5.41) is 6.34. The van der Waals surface area contributed by atoms with Crippen LogP contribution >= 0.6 is 0 Å². The van der Waals surface area contributed by atoms with E-state index in [2.05, 4.69) is 79.7 Å². The van der Waals surface area contributed by atoms with Gasteiger partial charge >= 0.3 is 0 Å². The maximum absolute atomic E-state index is 6.46. The van der Waals surface area contributed by atoms with Gasteiger partial charge in [0.1, 0.15) is 33.5 Å². The molecule has 7 aromatic carbocycles. The van der Waals surface area contributed by atoms with Crippen molar-refractivity contribution in [3.8, 4) is 45.3 Å². The fraction of sp³-hybridized carbons (Fsp3) is 0.0816. The lowest BCUT2D eigenvalue weighted by Crippen LogP contribution is -2.00. The zero-order valence-corrected chi connectivity index (χ0v) is 30.0. The van der Waals surface area contributed by atoms with E-state index in [1.807, 2.05) is 72.8 Å². The maximum Gasteiger partial charge on any atom is 0.164 e. The Morgan fingerprint density at radius 3 is 1.82 bits per heavy atom. The Hall–Kier alpha value is -7.05. The second-order valence-corrected chi connectivity index (χ2v) is 14.2. The summed E-state index contributed by atoms with van der Waals surface area (Å²) in [5.74, 6) is 1.73. The lowest BCUT2D eigenvalue weighted by molar-refractivity contribution is 0.667. The third-order valence-electron chi connectivity index (χ3n) is 10.7. The van der Waals surface area contributed by atoms with Crippen molar-refractivity contribution < 1.29 is 13.3 Å². The Bertz CT molecular complexity index is 3260. The SMILES string of the molecule is CCCCc1ccc2c(c1)oc1cc(-c3nc(-c4ccccc4)nc(-c4cccc5oc6ccc(-c7ccc8c(c7)oc7ccccc78)cc6c45)n3)ccc12. The van der Waals surface area contributed by atoms with Gasteiger partial charge in [0, 0.05) is 49.0 Å². The van der Waals surface area contributed by atoms with E-state index in [4.69, 9.17) is 28.2 Å². The quantitative estimate of drug-likeness (QED) is 0.164. The minimum absolute atomic E-state index is 0.566. The molecule has 4 aromatic heterocycles. The minimum Gasteiger partial charge on any atom is -0.456 e. The van der Waals surface area contributed by atoms with Crippen LogP contribution < -0.4 is 0 Å². The summed E-state index contributed by atoms with van der Waals surface area (Å²) in [5.41, 5.74) is 11.1. The summed E-state index contributed by atoms with van der Waals surface area (Å²) >= 11 is 0. The number of benzene rings is 7. The average Bonchev–Trinajstić information content (AvgIpc) is 3.93. The van der Waals surface area contributed by atoms with Gasteiger partial charge in [-0.15, -0.1) is 0 Å². The van der Waals surface area contributed by atoms with E-state index in [0.717, 1.165) is 113 Å². The smallest absolute Gasteiger partial charge is 0.164 e. The fourth-order valence-corrected chi connectivity index (χ4v) is 7.94. The third kappa shape index (κ3) is 5.29. The molecule has 0 unspecified atom stereocenters. The molecule has 11 aromatic rings. The highest BCUT2D eigenvalue weighted by Crippen LogP contribution is 2.40. The molecule has 0 amide bonds. The molecule has 0 aliphatic heterocycles. The van der Waals surface area contributed by atoms with Crippen LogP contribution in [0.5, 0.6) is 0 Å². The number of rotatable bonds is 7. The van der Waals surface area contributed by atoms with E-state index in [1.54, 1.807) is 0 Å². The second-order valence-electron chi connectivity index (χ2n) is 14.2. The highest BCUT2D eigenvalue weighted by atomic mass is 16.3. The summed E-state index contributed by atoms with van der Waals surface area (Å²) < 4.78 is 19.1. The summed E-state index contributed by atoms with van der Waals surface area (Å²) in [4.78, 5) is 15.3. The van der Waals surface area contributed by atoms with E-state index < -0.39 is 0 Å². The predicted octanol–water partition coefficient (Wildman–Crippen LogP) is 13.6. The number of para-hydroxylation sites is 1. The minimum atomic E-state index is 0.566. The van der Waals surface area contributed by atoms with Crippen LogP contribution in [0.3, 0.4) is 0 Å². The molecule has 0 atom stereocenters. The first-order valence-electron chi connectivity index (χ1n) is 18.8. The lowest BCUT2D eigenvalue weighted by atomic mass is 9.99. The number of hydrogen-bond donors (Lipinski definition) is 0. The van der Waals surface area contributed by atoms with E-state index in [1.165, 1.54) is 5.56 Å². The van der Waals surface area contributed by atoms with Gasteiger partial charge in [-0.2, -0.15) is 0 Å². The van der Waals surface area contributed by atoms with Gasteiger partial charge in [0.15, 0.2) is 17.5 Å². The molecule has 0 radical (unpaired) electrons. The number of aromatic nitrogens is 3. The largest absolute Gasteiger partial charge is 0.456 e. The van der Waals surface area contributed by atoms with Crippen molar-refractivity contribution in [1.82, 2.24) is 15.0 Å². The molecule has 262 valence electrons. The van der Waals surface area contributed by atoms with Crippen molar-refractivity contribution in [2.75, 3.05) is 0 Å². The van der Waals surface area contributed by atoms with Crippen molar-refractivity contribution in [1.29, 1.82) is 0 Å². The summed E-state index contributed by atoms with van der Waals surface area (Å²) in [6.45, 7) is 2.22. The zero-order chi connectivity index (χ0) is 36.5. The molecule has 0 aliphatic carbocycles. The molecular weight excluding hydrogens is 679 g/mol. The summed E-state index contributed by atoms with van der Waals surface area (Å²) in [7, 11) is 0. The predicted molar refractivity (Wildman–Crippen MR) is 222 cm³/mol. The van der Waals surface area contributed by atoms with Crippen molar-refractivity contribution in [2.24, 2.45) is 0 Å². The standard InChI is InChI=1S/C49H33N3O3/c1-2-3-10-29-17-21-35-37-23-19-33(28-45(37)55-43(35)25-29)48-50-47(30-11-5-4-6-12-30)51-49(52-48)38-14-9-16-42-46(38)39-26-31(20-24-41(39)53-42)32-18-22-36-34-13-7-8-15-40(34)54-44(36)27-32/h4-9,11-28H,2-3,10H2,1H3. The Morgan fingerprint density at radius 2 is 0.982 bits per heavy atom. The van der Waals surface area contributed by atoms with Gasteiger partial charge in [-0.3, -0.25) is 0 Å². The lowest BCUT2D eigenvalue weighted by Gasteiger charge is -2.09. The molecule has 0 fully saturated rings. The number of unbranched alkanes of at least 4 members (excludes halogenated alkanes) is 1. The van der Waals surface area contributed by atoms with Gasteiger partial charge in [0.25, 0.3) is 0 Å². The van der Waals surface area contributed by atoms with Gasteiger partial charge < -0.3 is 13.3 Å². The fourth-order valence-electron chi connectivity index (χ4n) is 7.94. The van der Waals surface area contributed by atoms with Crippen LogP contribution in [0, 0.1) is 0 Å². The van der Waals surface area contributed by atoms with Crippen LogP contribution in [-0.4, -0.2) is 15.0 Å². The Kier molecular flexibility index (Phi) is 7.17. The third-order valence-corrected chi connectivity index (χ3v) is 10.7. The molecule has 55 heavy (non-hydrogen) atoms. The number of furan rings is 3. The van der Waals surface area contributed by atoms with Crippen LogP contribution in [0.1, 0.15) is 25.3 Å². The molecule has 6 nitrogen and oxygen atoms in total. The van der Waals surface area contributed by atoms with Crippen molar-refractivity contribution >= 4 is 65.8 Å². The van der Waals surface area contributed by atoms with Crippen molar-refractivity contribution in [2.45, 2.75) is 26.2 Å². The number of nitrogens with zero attached hydrogens (tertiary/aromatic N) is 3. The Labute approximate surface area is 315 Å². The monoisotopic (exact) mass is 711 g/mol. The number of hydrogen-bond acceptors (Lipinski definition) is 6. The van der Waals surface area contributed by atoms with Crippen LogP contribution in [0.25, 0.3) is 111 Å². The van der Waals surface area contributed by atoms with Crippen molar-refractivity contribution in [3.05, 3.63) is 151 Å². The second kappa shape index (κ2) is 12.5. The average molecular weight is 712 g/mol. The van der Waals surface area contributed by atoms with Crippen LogP contribution in [0.2, 0.25) is 0 Å². The van der Waals surface area contributed by atoms with E-state index in [0.29, 0.717) is 17.5 Å². The summed E-state index contributed by atoms with van der Waals surface area (Å²) in [6.07, 6.45) is 3.36. The molecule has 11 rings (SSSR count). The molecule has 0 saturated carbocycles. The van der Waals surface area contributed by atoms with E-state index >= 15 is 0 Å². The molecule has 0 aliphatic rings. The maximum atomic E-state index is 6.46. The van der Waals surface area contributed by atoms with E-state index in [-0.39, 0.29) is 0 Å². The number of aryl methyl sites for hydroxylation is 1. The van der Waals surface area contributed by atoms with Gasteiger partial charge in [0.05, 0.1) is 0 Å². The summed E-state index contributed by atoms with van der Waals surface area (Å²) in [6, 6.07) is 49.8. The molecule has 6 heteroatoms. The normalized spacial score (nSPS) is 11.9. The van der Waals surface area contributed by atoms with Crippen LogP contribution in [0.15, 0.2) is 159 Å². The highest BCUT2D eigenvalue weighted by molar-refractivity contribution is 6.13. The van der Waals surface area contributed by atoms with Gasteiger partial charge in [-0.25, -0.2) is 15.0 Å². The Balaban J connectivity index is 1.06. The van der Waals surface area contributed by atoms with Gasteiger partial charge in [-0.1, -0.05) is 104 Å². The molecule has 0 N–H and O–H groups in total. The first-order valence-corrected chi connectivity index (χ1v) is 18.8. The topological polar surface area (TPSA) is 78.1 Å². The molecule has 4 heterocycles. The zero-order valence-electron chi connectivity index (χ0n) is 30.0. The number of fused-ring (bicyclic) bond motifs is 9. The molecule has 0 bridgehead atoms. The molecule has 0 spiro atoms. The first-order chi connectivity index (χ1) is 27.2. The van der Waals surface area contributed by atoms with E-state index in [9.17, 15) is 0 Å². The van der Waals surface area contributed by atoms with Gasteiger partial charge in [0.2, 0.25) is 0 Å². The first kappa shape index (κ1) is 31.5. The highest BCUT2D eigenvalue weighted by Gasteiger charge is 2.20. The van der Waals surface area contributed by atoms with Crippen molar-refractivity contribution in [3.63, 3.8) is 0 Å². The van der Waals surface area contributed by atoms with Crippen LogP contribution in [-0.2, 0) is 6.42 Å². The Morgan fingerprint density at radius 1 is 0.400 bits per heavy atom. The van der Waals surface area contributed by atoms with Crippen LogP contribution in [0.4, 0.5) is 0 Å². The van der Waals surface area contributed by atoms with Gasteiger partial charge in [-0.05, 0) is 84.1 Å². The molecule has 0 saturated heterocycles.